The van der Waals surface area contributed by atoms with Crippen LogP contribution in [-0.2, 0) is 19.1 Å². The highest BCUT2D eigenvalue weighted by molar-refractivity contribution is 5.86. The van der Waals surface area contributed by atoms with Crippen molar-refractivity contribution in [2.24, 2.45) is 5.92 Å². The minimum absolute atomic E-state index is 0.0555. The summed E-state index contributed by atoms with van der Waals surface area (Å²) in [6, 6.07) is 15.7. The van der Waals surface area contributed by atoms with Gasteiger partial charge in [-0.25, -0.2) is 4.79 Å². The fraction of sp³-hybridized carbons (Fsp3) is 0.423. The summed E-state index contributed by atoms with van der Waals surface area (Å²) in [5.41, 5.74) is 4.54. The van der Waals surface area contributed by atoms with Crippen LogP contribution in [0, 0.1) is 5.92 Å². The molecule has 5 rings (SSSR count). The van der Waals surface area contributed by atoms with Crippen molar-refractivity contribution < 1.29 is 29.0 Å². The number of carboxylic acid groups (broad SMARTS) is 1. The van der Waals surface area contributed by atoms with Gasteiger partial charge in [0.05, 0.1) is 6.04 Å². The molecule has 34 heavy (non-hydrogen) atoms. The highest BCUT2D eigenvalue weighted by Crippen LogP contribution is 2.44. The number of hydrogen-bond donors (Lipinski definition) is 2. The van der Waals surface area contributed by atoms with E-state index < -0.39 is 30.1 Å². The predicted octanol–water partition coefficient (Wildman–Crippen LogP) is 3.01. The highest BCUT2D eigenvalue weighted by Gasteiger charge is 2.40. The van der Waals surface area contributed by atoms with Crippen molar-refractivity contribution in [3.8, 4) is 11.1 Å². The minimum atomic E-state index is -1.06. The molecule has 0 radical (unpaired) electrons. The number of nitrogens with zero attached hydrogens (tertiary/aromatic N) is 1. The van der Waals surface area contributed by atoms with Crippen molar-refractivity contribution in [2.75, 3.05) is 26.3 Å². The van der Waals surface area contributed by atoms with Crippen molar-refractivity contribution in [1.82, 2.24) is 10.2 Å². The monoisotopic (exact) mass is 464 g/mol. The van der Waals surface area contributed by atoms with E-state index in [1.54, 1.807) is 0 Å². The second-order valence-electron chi connectivity index (χ2n) is 9.21. The first kappa shape index (κ1) is 22.4. The molecule has 2 N–H and O–H groups in total. The van der Waals surface area contributed by atoms with Crippen molar-refractivity contribution in [1.29, 1.82) is 0 Å². The van der Waals surface area contributed by atoms with Gasteiger partial charge in [0.15, 0.2) is 6.10 Å². The van der Waals surface area contributed by atoms with Crippen molar-refractivity contribution >= 4 is 18.0 Å². The molecule has 2 aromatic carbocycles. The number of carbonyl (C=O) groups excluding carboxylic acids is 2. The summed E-state index contributed by atoms with van der Waals surface area (Å²) in [5.74, 6) is -1.16. The second-order valence-corrected chi connectivity index (χ2v) is 9.21. The van der Waals surface area contributed by atoms with Crippen molar-refractivity contribution in [3.63, 3.8) is 0 Å². The number of rotatable bonds is 8. The number of fused-ring (bicyclic) bond motifs is 3. The Morgan fingerprint density at radius 3 is 2.26 bits per heavy atom. The Bertz CT molecular complexity index is 1050. The molecule has 0 spiro atoms. The van der Waals surface area contributed by atoms with E-state index in [9.17, 15) is 19.5 Å². The first-order valence-corrected chi connectivity index (χ1v) is 11.7. The fourth-order valence-corrected chi connectivity index (χ4v) is 4.96. The van der Waals surface area contributed by atoms with E-state index in [0.29, 0.717) is 25.5 Å². The molecule has 0 unspecified atom stereocenters. The zero-order valence-corrected chi connectivity index (χ0v) is 18.8. The maximum absolute atomic E-state index is 13.0. The lowest BCUT2D eigenvalue weighted by Gasteiger charge is -2.27. The molecule has 2 atom stereocenters. The Morgan fingerprint density at radius 1 is 1.00 bits per heavy atom. The Kier molecular flexibility index (Phi) is 6.24. The van der Waals surface area contributed by atoms with Crippen LogP contribution < -0.4 is 5.32 Å². The van der Waals surface area contributed by atoms with Crippen LogP contribution in [0.3, 0.4) is 0 Å². The van der Waals surface area contributed by atoms with Crippen LogP contribution in [0.15, 0.2) is 48.5 Å². The number of aliphatic carboxylic acids is 1. The van der Waals surface area contributed by atoms with Crippen LogP contribution in [0.1, 0.15) is 36.3 Å². The second kappa shape index (κ2) is 9.46. The van der Waals surface area contributed by atoms with Crippen LogP contribution >= 0.6 is 0 Å². The third-order valence-corrected chi connectivity index (χ3v) is 6.80. The van der Waals surface area contributed by atoms with Gasteiger partial charge in [0.1, 0.15) is 13.2 Å². The van der Waals surface area contributed by atoms with Crippen LogP contribution in [0.5, 0.6) is 0 Å². The Morgan fingerprint density at radius 2 is 1.65 bits per heavy atom. The van der Waals surface area contributed by atoms with Crippen LogP contribution in [0.25, 0.3) is 11.1 Å². The van der Waals surface area contributed by atoms with Gasteiger partial charge < -0.3 is 24.8 Å². The Hall–Kier alpha value is -3.39. The number of carboxylic acids is 1. The largest absolute Gasteiger partial charge is 0.480 e. The number of carbonyl (C=O) groups is 3. The zero-order chi connectivity index (χ0) is 23.7. The van der Waals surface area contributed by atoms with Crippen molar-refractivity contribution in [2.45, 2.75) is 37.3 Å². The molecule has 3 aliphatic rings. The average Bonchev–Trinajstić information content (AvgIpc) is 3.43. The number of hydrogen-bond acceptors (Lipinski definition) is 5. The van der Waals surface area contributed by atoms with E-state index >= 15 is 0 Å². The molecule has 2 aromatic rings. The smallest absolute Gasteiger partial charge is 0.407 e. The highest BCUT2D eigenvalue weighted by atomic mass is 16.6. The maximum atomic E-state index is 13.0. The summed E-state index contributed by atoms with van der Waals surface area (Å²) in [6.07, 6.45) is 0.943. The van der Waals surface area contributed by atoms with E-state index in [0.717, 1.165) is 35.1 Å². The molecule has 8 nitrogen and oxygen atoms in total. The predicted molar refractivity (Wildman–Crippen MR) is 123 cm³/mol. The molecule has 0 bridgehead atoms. The lowest BCUT2D eigenvalue weighted by Crippen LogP contribution is -2.51. The Balaban J connectivity index is 1.21. The molecule has 8 heteroatoms. The SMILES string of the molecule is O=C(O)CN(CC1CC1)C(=O)[C@H]1OCC[C@H]1NC(=O)OCC1c2ccccc2-c2ccccc21. The first-order chi connectivity index (χ1) is 16.5. The summed E-state index contributed by atoms with van der Waals surface area (Å²) >= 11 is 0. The third kappa shape index (κ3) is 4.63. The van der Waals surface area contributed by atoms with Gasteiger partial charge in [0.25, 0.3) is 5.91 Å². The van der Waals surface area contributed by atoms with E-state index in [4.69, 9.17) is 9.47 Å². The number of benzene rings is 2. The van der Waals surface area contributed by atoms with Gasteiger partial charge in [-0.1, -0.05) is 48.5 Å². The van der Waals surface area contributed by atoms with Crippen LogP contribution in [0.2, 0.25) is 0 Å². The van der Waals surface area contributed by atoms with Gasteiger partial charge in [-0.15, -0.1) is 0 Å². The van der Waals surface area contributed by atoms with Gasteiger partial charge in [-0.2, -0.15) is 0 Å². The normalized spacial score (nSPS) is 20.9. The molecule has 1 saturated heterocycles. The summed E-state index contributed by atoms with van der Waals surface area (Å²) in [4.78, 5) is 38.3. The average molecular weight is 465 g/mol. The van der Waals surface area contributed by atoms with Crippen LogP contribution in [0.4, 0.5) is 4.79 Å². The summed E-state index contributed by atoms with van der Waals surface area (Å²) in [7, 11) is 0. The van der Waals surface area contributed by atoms with E-state index in [1.165, 1.54) is 4.90 Å². The molecule has 0 aromatic heterocycles. The van der Waals surface area contributed by atoms with Crippen molar-refractivity contribution in [3.05, 3.63) is 59.7 Å². The molecule has 1 aliphatic heterocycles. The first-order valence-electron chi connectivity index (χ1n) is 11.7. The maximum Gasteiger partial charge on any atom is 0.407 e. The lowest BCUT2D eigenvalue weighted by atomic mass is 9.98. The summed E-state index contributed by atoms with van der Waals surface area (Å²) in [5, 5.41) is 12.0. The molecule has 178 valence electrons. The minimum Gasteiger partial charge on any atom is -0.480 e. The van der Waals surface area contributed by atoms with E-state index in [2.05, 4.69) is 29.6 Å². The lowest BCUT2D eigenvalue weighted by molar-refractivity contribution is -0.149. The number of ether oxygens (including phenoxy) is 2. The van der Waals surface area contributed by atoms with E-state index in [1.807, 2.05) is 24.3 Å². The van der Waals surface area contributed by atoms with Gasteiger partial charge in [-0.3, -0.25) is 9.59 Å². The van der Waals surface area contributed by atoms with Gasteiger partial charge >= 0.3 is 12.1 Å². The molecular formula is C26H28N2O6. The zero-order valence-electron chi connectivity index (χ0n) is 18.8. The molecule has 2 fully saturated rings. The van der Waals surface area contributed by atoms with Crippen LogP contribution in [-0.4, -0.2) is 66.4 Å². The van der Waals surface area contributed by atoms with Gasteiger partial charge in [0, 0.05) is 19.1 Å². The molecular weight excluding hydrogens is 436 g/mol. The standard InChI is InChI=1S/C26H28N2O6/c29-23(30)14-28(13-16-9-10-16)25(31)24-22(11-12-33-24)27-26(32)34-15-21-19-7-3-1-5-17(19)18-6-2-4-8-20(18)21/h1-8,16,21-22,24H,9-15H2,(H,27,32)(H,29,30)/t22-,24+/m1/s1. The fourth-order valence-electron chi connectivity index (χ4n) is 4.96. The Labute approximate surface area is 197 Å². The third-order valence-electron chi connectivity index (χ3n) is 6.80. The van der Waals surface area contributed by atoms with E-state index in [-0.39, 0.29) is 19.1 Å². The number of alkyl carbamates (subject to hydrolysis) is 1. The topological polar surface area (TPSA) is 105 Å². The number of amides is 2. The summed E-state index contributed by atoms with van der Waals surface area (Å²) in [6.45, 7) is 0.531. The van der Waals surface area contributed by atoms with Gasteiger partial charge in [-0.05, 0) is 47.4 Å². The van der Waals surface area contributed by atoms with Gasteiger partial charge in [0.2, 0.25) is 0 Å². The molecule has 1 saturated carbocycles. The summed E-state index contributed by atoms with van der Waals surface area (Å²) < 4.78 is 11.2. The molecule has 2 aliphatic carbocycles. The molecule has 2 amide bonds. The quantitative estimate of drug-likeness (QED) is 0.622. The molecule has 1 heterocycles. The number of nitrogens with one attached hydrogen (secondary N) is 1.